The second kappa shape index (κ2) is 69.3. The van der Waals surface area contributed by atoms with Gasteiger partial charge in [0.1, 0.15) is 0 Å². The fourth-order valence-corrected chi connectivity index (χ4v) is 0.204. The van der Waals surface area contributed by atoms with E-state index in [2.05, 4.69) is 13.8 Å². The van der Waals surface area contributed by atoms with Gasteiger partial charge in [-0.2, -0.15) is 0 Å². The smallest absolute Gasteiger partial charge is 0.0437 e. The van der Waals surface area contributed by atoms with Gasteiger partial charge in [0.15, 0.2) is 0 Å². The molecule has 0 bridgehead atoms. The summed E-state index contributed by atoms with van der Waals surface area (Å²) in [5.74, 6) is 0. The van der Waals surface area contributed by atoms with Crippen LogP contribution in [0.1, 0.15) is 61.8 Å². The average Bonchev–Trinajstić information content (AvgIpc) is 2.14. The molecule has 0 N–H and O–H groups in total. The normalized spacial score (nSPS) is 6.00. The van der Waals surface area contributed by atoms with Crippen LogP contribution in [0, 0.1) is 0 Å². The van der Waals surface area contributed by atoms with Crippen LogP contribution in [0.25, 0.3) is 0 Å². The molecule has 0 saturated heterocycles. The molecular formula is C11H30O. The Bertz CT molecular complexity index is 19.0. The maximum atomic E-state index is 4.83. The first-order chi connectivity index (χ1) is 5.83. The molecule has 0 aromatic heterocycles. The molecule has 0 atom stereocenters. The highest BCUT2D eigenvalue weighted by Crippen LogP contribution is 1.64. The summed E-state index contributed by atoms with van der Waals surface area (Å²) in [7, 11) is 0. The van der Waals surface area contributed by atoms with E-state index in [0.29, 0.717) is 0 Å². The van der Waals surface area contributed by atoms with E-state index < -0.39 is 0 Å². The van der Waals surface area contributed by atoms with E-state index in [4.69, 9.17) is 4.74 Å². The second-order valence-corrected chi connectivity index (χ2v) is 1.49. The van der Waals surface area contributed by atoms with Crippen LogP contribution in [-0.2, 0) is 4.74 Å². The third-order valence-corrected chi connectivity index (χ3v) is 0.408. The molecule has 1 heteroatoms. The Balaban J connectivity index is -0.0000000397. The fraction of sp³-hybridized carbons (Fsp3) is 1.00. The summed E-state index contributed by atoms with van der Waals surface area (Å²) in [4.78, 5) is 0. The summed E-state index contributed by atoms with van der Waals surface area (Å²) < 4.78 is 4.83. The van der Waals surface area contributed by atoms with Crippen molar-refractivity contribution in [1.82, 2.24) is 0 Å². The van der Waals surface area contributed by atoms with E-state index in [9.17, 15) is 0 Å². The average molecular weight is 178 g/mol. The van der Waals surface area contributed by atoms with Gasteiger partial charge in [0.2, 0.25) is 0 Å². The van der Waals surface area contributed by atoms with E-state index in [1.165, 1.54) is 6.42 Å². The van der Waals surface area contributed by atoms with Gasteiger partial charge in [-0.1, -0.05) is 48.0 Å². The van der Waals surface area contributed by atoms with Gasteiger partial charge >= 0.3 is 0 Å². The van der Waals surface area contributed by atoms with Crippen molar-refractivity contribution in [3.8, 4) is 0 Å². The van der Waals surface area contributed by atoms with Crippen molar-refractivity contribution in [2.24, 2.45) is 0 Å². The Labute approximate surface area is 80.5 Å². The molecule has 0 heterocycles. The zero-order valence-corrected chi connectivity index (χ0v) is 10.5. The lowest BCUT2D eigenvalue weighted by Crippen LogP contribution is -1.84. The Kier molecular flexibility index (Phi) is 131. The molecule has 1 nitrogen and oxygen atoms in total. The van der Waals surface area contributed by atoms with Gasteiger partial charge in [-0.25, -0.2) is 0 Å². The molecule has 0 aromatic rings. The predicted octanol–water partition coefficient (Wildman–Crippen LogP) is 4.51. The van der Waals surface area contributed by atoms with Crippen molar-refractivity contribution in [1.29, 1.82) is 0 Å². The topological polar surface area (TPSA) is 9.23 Å². The molecule has 0 rings (SSSR count). The molecule has 80 valence electrons. The molecule has 0 saturated carbocycles. The lowest BCUT2D eigenvalue weighted by atomic mass is 10.6. The van der Waals surface area contributed by atoms with Gasteiger partial charge in [0.25, 0.3) is 0 Å². The molecule has 0 amide bonds. The molecule has 0 aliphatic heterocycles. The van der Waals surface area contributed by atoms with Gasteiger partial charge < -0.3 is 4.74 Å². The SMILES string of the molecule is CC.CC.CCC.CCOCC. The Morgan fingerprint density at radius 2 is 0.833 bits per heavy atom. The molecular weight excluding hydrogens is 148 g/mol. The summed E-state index contributed by atoms with van der Waals surface area (Å²) in [5.41, 5.74) is 0. The first kappa shape index (κ1) is 22.7. The van der Waals surface area contributed by atoms with E-state index in [1.54, 1.807) is 0 Å². The largest absolute Gasteiger partial charge is 0.382 e. The van der Waals surface area contributed by atoms with Crippen LogP contribution in [0.3, 0.4) is 0 Å². The van der Waals surface area contributed by atoms with Crippen molar-refractivity contribution in [2.45, 2.75) is 61.8 Å². The van der Waals surface area contributed by atoms with Crippen molar-refractivity contribution < 1.29 is 4.74 Å². The van der Waals surface area contributed by atoms with Gasteiger partial charge in [0, 0.05) is 13.2 Å². The summed E-state index contributed by atoms with van der Waals surface area (Å²) in [6.07, 6.45) is 1.25. The highest BCUT2D eigenvalue weighted by atomic mass is 16.5. The van der Waals surface area contributed by atoms with Crippen LogP contribution in [0.2, 0.25) is 0 Å². The van der Waals surface area contributed by atoms with Gasteiger partial charge in [-0.3, -0.25) is 0 Å². The summed E-state index contributed by atoms with van der Waals surface area (Å²) in [5, 5.41) is 0. The molecule has 0 aliphatic rings. The van der Waals surface area contributed by atoms with E-state index in [1.807, 2.05) is 41.5 Å². The number of hydrogen-bond donors (Lipinski definition) is 0. The Morgan fingerprint density at radius 1 is 0.667 bits per heavy atom. The van der Waals surface area contributed by atoms with E-state index in [-0.39, 0.29) is 0 Å². The van der Waals surface area contributed by atoms with Crippen LogP contribution in [0.15, 0.2) is 0 Å². The standard InChI is InChI=1S/C4H10O.C3H8.2C2H6/c1-3-5-4-2;1-3-2;2*1-2/h3-4H2,1-2H3;3H2,1-2H3;2*1-2H3. The van der Waals surface area contributed by atoms with Crippen LogP contribution in [-0.4, -0.2) is 13.2 Å². The highest BCUT2D eigenvalue weighted by molar-refractivity contribution is 4.07. The zero-order chi connectivity index (χ0) is 10.8. The van der Waals surface area contributed by atoms with Crippen molar-refractivity contribution in [3.63, 3.8) is 0 Å². The second-order valence-electron chi connectivity index (χ2n) is 1.49. The minimum atomic E-state index is 0.844. The lowest BCUT2D eigenvalue weighted by Gasteiger charge is -1.86. The first-order valence-electron chi connectivity index (χ1n) is 5.41. The third-order valence-electron chi connectivity index (χ3n) is 0.408. The van der Waals surface area contributed by atoms with Crippen LogP contribution < -0.4 is 0 Å². The maximum absolute atomic E-state index is 4.83. The van der Waals surface area contributed by atoms with E-state index in [0.717, 1.165) is 13.2 Å². The summed E-state index contributed by atoms with van der Waals surface area (Å²) >= 11 is 0. The molecule has 0 fully saturated rings. The molecule has 0 aromatic carbocycles. The highest BCUT2D eigenvalue weighted by Gasteiger charge is 1.64. The number of hydrogen-bond acceptors (Lipinski definition) is 1. The molecule has 0 aliphatic carbocycles. The van der Waals surface area contributed by atoms with Crippen molar-refractivity contribution >= 4 is 0 Å². The van der Waals surface area contributed by atoms with Crippen LogP contribution >= 0.6 is 0 Å². The van der Waals surface area contributed by atoms with E-state index >= 15 is 0 Å². The zero-order valence-electron chi connectivity index (χ0n) is 10.5. The maximum Gasteiger partial charge on any atom is 0.0437 e. The van der Waals surface area contributed by atoms with Gasteiger partial charge in [-0.15, -0.1) is 0 Å². The van der Waals surface area contributed by atoms with Crippen molar-refractivity contribution in [3.05, 3.63) is 0 Å². The predicted molar refractivity (Wildman–Crippen MR) is 60.8 cm³/mol. The fourth-order valence-electron chi connectivity index (χ4n) is 0.204. The molecule has 0 spiro atoms. The summed E-state index contributed by atoms with van der Waals surface area (Å²) in [6.45, 7) is 17.9. The van der Waals surface area contributed by atoms with Gasteiger partial charge in [-0.05, 0) is 13.8 Å². The Hall–Kier alpha value is -0.0400. The minimum absolute atomic E-state index is 0.844. The van der Waals surface area contributed by atoms with Gasteiger partial charge in [0.05, 0.1) is 0 Å². The Morgan fingerprint density at radius 3 is 0.833 bits per heavy atom. The number of ether oxygens (including phenoxy) is 1. The van der Waals surface area contributed by atoms with Crippen molar-refractivity contribution in [2.75, 3.05) is 13.2 Å². The third kappa shape index (κ3) is 208. The monoisotopic (exact) mass is 178 g/mol. The molecule has 0 unspecified atom stereocenters. The lowest BCUT2D eigenvalue weighted by molar-refractivity contribution is 0.162. The quantitative estimate of drug-likeness (QED) is 0.604. The summed E-state index contributed by atoms with van der Waals surface area (Å²) in [6, 6.07) is 0. The minimum Gasteiger partial charge on any atom is -0.382 e. The molecule has 0 radical (unpaired) electrons. The van der Waals surface area contributed by atoms with Crippen LogP contribution in [0.4, 0.5) is 0 Å². The number of rotatable bonds is 2. The van der Waals surface area contributed by atoms with Crippen LogP contribution in [0.5, 0.6) is 0 Å². The first-order valence-corrected chi connectivity index (χ1v) is 5.41. The molecule has 12 heavy (non-hydrogen) atoms.